The Labute approximate surface area is 90.3 Å². The highest BCUT2D eigenvalue weighted by Crippen LogP contribution is 2.23. The van der Waals surface area contributed by atoms with Crippen LogP contribution in [0, 0.1) is 6.92 Å². The fourth-order valence-corrected chi connectivity index (χ4v) is 1.79. The zero-order valence-electron chi connectivity index (χ0n) is 9.34. The zero-order valence-corrected chi connectivity index (χ0v) is 9.34. The lowest BCUT2D eigenvalue weighted by molar-refractivity contribution is 0.599. The molecule has 1 aromatic carbocycles. The molecule has 0 aliphatic heterocycles. The second kappa shape index (κ2) is 4.49. The van der Waals surface area contributed by atoms with E-state index < -0.39 is 0 Å². The smallest absolute Gasteiger partial charge is 0.137 e. The second-order valence-electron chi connectivity index (χ2n) is 3.89. The van der Waals surface area contributed by atoms with Gasteiger partial charge in [-0.05, 0) is 25.5 Å². The Bertz CT molecular complexity index is 445. The largest absolute Gasteiger partial charge is 0.464 e. The molecule has 2 nitrogen and oxygen atoms in total. The van der Waals surface area contributed by atoms with Crippen LogP contribution in [0.4, 0.5) is 0 Å². The number of furan rings is 1. The van der Waals surface area contributed by atoms with Gasteiger partial charge < -0.3 is 9.73 Å². The van der Waals surface area contributed by atoms with Gasteiger partial charge in [0.25, 0.3) is 0 Å². The van der Waals surface area contributed by atoms with Gasteiger partial charge in [0.05, 0.1) is 6.26 Å². The third kappa shape index (κ3) is 2.05. The average Bonchev–Trinajstić information content (AvgIpc) is 2.64. The quantitative estimate of drug-likeness (QED) is 0.772. The molecular weight excluding hydrogens is 186 g/mol. The molecule has 2 rings (SSSR count). The van der Waals surface area contributed by atoms with Crippen LogP contribution in [0.1, 0.15) is 24.5 Å². The van der Waals surface area contributed by atoms with E-state index in [9.17, 15) is 0 Å². The van der Waals surface area contributed by atoms with Crippen LogP contribution in [-0.2, 0) is 6.54 Å². The van der Waals surface area contributed by atoms with Crippen molar-refractivity contribution in [2.75, 3.05) is 6.54 Å². The summed E-state index contributed by atoms with van der Waals surface area (Å²) in [6.07, 6.45) is 3.02. The summed E-state index contributed by atoms with van der Waals surface area (Å²) in [7, 11) is 0. The first-order valence-electron chi connectivity index (χ1n) is 5.49. The molecule has 0 fully saturated rings. The number of aryl methyl sites for hydroxylation is 1. The molecule has 0 spiro atoms. The summed E-state index contributed by atoms with van der Waals surface area (Å²) < 4.78 is 5.57. The molecule has 1 heterocycles. The third-order valence-electron chi connectivity index (χ3n) is 2.62. The van der Waals surface area contributed by atoms with Crippen LogP contribution in [0.2, 0.25) is 0 Å². The summed E-state index contributed by atoms with van der Waals surface area (Å²) in [4.78, 5) is 0. The van der Waals surface area contributed by atoms with E-state index in [2.05, 4.69) is 37.4 Å². The van der Waals surface area contributed by atoms with E-state index in [1.165, 1.54) is 16.5 Å². The summed E-state index contributed by atoms with van der Waals surface area (Å²) in [5, 5.41) is 4.62. The molecule has 1 N–H and O–H groups in total. The molecule has 1 aromatic heterocycles. The van der Waals surface area contributed by atoms with E-state index >= 15 is 0 Å². The first-order chi connectivity index (χ1) is 7.33. The normalized spacial score (nSPS) is 11.1. The number of benzene rings is 1. The topological polar surface area (TPSA) is 25.2 Å². The monoisotopic (exact) mass is 203 g/mol. The fourth-order valence-electron chi connectivity index (χ4n) is 1.79. The van der Waals surface area contributed by atoms with Gasteiger partial charge in [-0.25, -0.2) is 0 Å². The van der Waals surface area contributed by atoms with Crippen LogP contribution in [0.3, 0.4) is 0 Å². The predicted molar refractivity (Wildman–Crippen MR) is 62.9 cm³/mol. The molecule has 0 radical (unpaired) electrons. The molecule has 15 heavy (non-hydrogen) atoms. The van der Waals surface area contributed by atoms with Crippen molar-refractivity contribution in [3.05, 3.63) is 35.6 Å². The SMILES string of the molecule is CCCNCc1coc2c(C)cccc12. The number of rotatable bonds is 4. The second-order valence-corrected chi connectivity index (χ2v) is 3.89. The van der Waals surface area contributed by atoms with E-state index in [1.54, 1.807) is 0 Å². The summed E-state index contributed by atoms with van der Waals surface area (Å²) >= 11 is 0. The number of hydrogen-bond donors (Lipinski definition) is 1. The maximum atomic E-state index is 5.57. The first-order valence-corrected chi connectivity index (χ1v) is 5.49. The van der Waals surface area contributed by atoms with Gasteiger partial charge in [-0.15, -0.1) is 0 Å². The zero-order chi connectivity index (χ0) is 10.7. The van der Waals surface area contributed by atoms with Crippen LogP contribution in [0.5, 0.6) is 0 Å². The van der Waals surface area contributed by atoms with Crippen molar-refractivity contribution in [2.24, 2.45) is 0 Å². The van der Waals surface area contributed by atoms with Crippen molar-refractivity contribution in [1.29, 1.82) is 0 Å². The molecule has 0 aliphatic rings. The summed E-state index contributed by atoms with van der Waals surface area (Å²) in [5.74, 6) is 0. The predicted octanol–water partition coefficient (Wildman–Crippen LogP) is 3.24. The minimum Gasteiger partial charge on any atom is -0.464 e. The number of hydrogen-bond acceptors (Lipinski definition) is 2. The number of para-hydroxylation sites is 1. The average molecular weight is 203 g/mol. The van der Waals surface area contributed by atoms with Crippen LogP contribution < -0.4 is 5.32 Å². The molecule has 0 saturated heterocycles. The molecule has 0 unspecified atom stereocenters. The van der Waals surface area contributed by atoms with E-state index in [0.717, 1.165) is 25.1 Å². The Morgan fingerprint density at radius 1 is 1.33 bits per heavy atom. The Kier molecular flexibility index (Phi) is 3.07. The van der Waals surface area contributed by atoms with Gasteiger partial charge in [-0.1, -0.05) is 25.1 Å². The minimum atomic E-state index is 0.893. The van der Waals surface area contributed by atoms with E-state index in [4.69, 9.17) is 4.42 Å². The highest BCUT2D eigenvalue weighted by Gasteiger charge is 2.06. The van der Waals surface area contributed by atoms with Crippen molar-refractivity contribution < 1.29 is 4.42 Å². The van der Waals surface area contributed by atoms with Gasteiger partial charge in [0.15, 0.2) is 0 Å². The molecule has 0 bridgehead atoms. The van der Waals surface area contributed by atoms with E-state index in [-0.39, 0.29) is 0 Å². The van der Waals surface area contributed by atoms with Gasteiger partial charge in [-0.3, -0.25) is 0 Å². The molecule has 0 aliphatic carbocycles. The van der Waals surface area contributed by atoms with Crippen LogP contribution in [0.25, 0.3) is 11.0 Å². The van der Waals surface area contributed by atoms with Gasteiger partial charge in [0.1, 0.15) is 5.58 Å². The maximum Gasteiger partial charge on any atom is 0.137 e. The van der Waals surface area contributed by atoms with Crippen molar-refractivity contribution in [3.8, 4) is 0 Å². The lowest BCUT2D eigenvalue weighted by atomic mass is 10.1. The van der Waals surface area contributed by atoms with Crippen LogP contribution >= 0.6 is 0 Å². The molecule has 80 valence electrons. The molecule has 0 atom stereocenters. The Balaban J connectivity index is 2.25. The van der Waals surface area contributed by atoms with Crippen molar-refractivity contribution >= 4 is 11.0 Å². The van der Waals surface area contributed by atoms with Crippen molar-refractivity contribution in [1.82, 2.24) is 5.32 Å². The summed E-state index contributed by atoms with van der Waals surface area (Å²) in [6, 6.07) is 6.28. The van der Waals surface area contributed by atoms with E-state index in [0.29, 0.717) is 0 Å². The minimum absolute atomic E-state index is 0.893. The first kappa shape index (κ1) is 10.2. The highest BCUT2D eigenvalue weighted by atomic mass is 16.3. The van der Waals surface area contributed by atoms with Gasteiger partial charge in [0.2, 0.25) is 0 Å². The number of nitrogens with one attached hydrogen (secondary N) is 1. The molecular formula is C13H17NO. The molecule has 0 amide bonds. The van der Waals surface area contributed by atoms with Crippen LogP contribution in [0.15, 0.2) is 28.9 Å². The fraction of sp³-hybridized carbons (Fsp3) is 0.385. The molecule has 2 heteroatoms. The molecule has 2 aromatic rings. The van der Waals surface area contributed by atoms with Crippen molar-refractivity contribution in [3.63, 3.8) is 0 Å². The number of fused-ring (bicyclic) bond motifs is 1. The standard InChI is InChI=1S/C13H17NO/c1-3-7-14-8-11-9-15-13-10(2)5-4-6-12(11)13/h4-6,9,14H,3,7-8H2,1-2H3. The van der Waals surface area contributed by atoms with E-state index in [1.807, 2.05) is 6.26 Å². The Hall–Kier alpha value is -1.28. The lowest BCUT2D eigenvalue weighted by Gasteiger charge is -2.00. The lowest BCUT2D eigenvalue weighted by Crippen LogP contribution is -2.13. The van der Waals surface area contributed by atoms with Crippen molar-refractivity contribution in [2.45, 2.75) is 26.8 Å². The van der Waals surface area contributed by atoms with Gasteiger partial charge in [0, 0.05) is 17.5 Å². The summed E-state index contributed by atoms with van der Waals surface area (Å²) in [5.41, 5.74) is 3.47. The highest BCUT2D eigenvalue weighted by molar-refractivity contribution is 5.83. The maximum absolute atomic E-state index is 5.57. The van der Waals surface area contributed by atoms with Gasteiger partial charge >= 0.3 is 0 Å². The van der Waals surface area contributed by atoms with Gasteiger partial charge in [-0.2, -0.15) is 0 Å². The van der Waals surface area contributed by atoms with Crippen LogP contribution in [-0.4, -0.2) is 6.54 Å². The summed E-state index contributed by atoms with van der Waals surface area (Å²) in [6.45, 7) is 6.20. The molecule has 0 saturated carbocycles. The Morgan fingerprint density at radius 2 is 2.20 bits per heavy atom. The third-order valence-corrected chi connectivity index (χ3v) is 2.62. The Morgan fingerprint density at radius 3 is 3.00 bits per heavy atom.